The van der Waals surface area contributed by atoms with Crippen molar-refractivity contribution >= 4 is 29.1 Å². The molecule has 0 aliphatic heterocycles. The molecule has 0 aliphatic rings. The van der Waals surface area contributed by atoms with E-state index in [1.54, 1.807) is 24.3 Å². The Labute approximate surface area is 177 Å². The number of halogens is 1. The van der Waals surface area contributed by atoms with E-state index in [9.17, 15) is 10.5 Å². The van der Waals surface area contributed by atoms with E-state index in [1.807, 2.05) is 48.5 Å². The Morgan fingerprint density at radius 1 is 1.07 bits per heavy atom. The van der Waals surface area contributed by atoms with Gasteiger partial charge in [-0.25, -0.2) is 4.68 Å². The van der Waals surface area contributed by atoms with E-state index >= 15 is 0 Å². The highest BCUT2D eigenvalue weighted by Crippen LogP contribution is 2.29. The number of anilines is 1. The number of nitrogen functional groups attached to an aromatic ring is 1. The van der Waals surface area contributed by atoms with E-state index in [1.165, 1.54) is 10.8 Å². The Bertz CT molecular complexity index is 1340. The summed E-state index contributed by atoms with van der Waals surface area (Å²) in [5.74, 6) is 1.22. The number of nitriles is 2. The van der Waals surface area contributed by atoms with Gasteiger partial charge >= 0.3 is 0 Å². The minimum absolute atomic E-state index is 0.133. The summed E-state index contributed by atoms with van der Waals surface area (Å²) in [4.78, 5) is 0. The lowest BCUT2D eigenvalue weighted by atomic mass is 10.1. The molecule has 0 atom stereocenters. The van der Waals surface area contributed by atoms with Crippen molar-refractivity contribution in [3.05, 3.63) is 88.8 Å². The van der Waals surface area contributed by atoms with E-state index in [4.69, 9.17) is 21.8 Å². The second kappa shape index (κ2) is 8.00. The topological polar surface area (TPSA) is 105 Å². The predicted octanol–water partition coefficient (Wildman–Crippen LogP) is 5.30. The standard InChI is InChI=1S/C23H14ClN5O/c24-17-6-4-5-15(11-17)21-10-9-19(30-21)12-16(13-25)22-20(14-26)23(27)29(28-22)18-7-2-1-3-8-18/h1-12H,27H2/b16-12-. The molecule has 0 amide bonds. The van der Waals surface area contributed by atoms with Crippen LogP contribution in [0.5, 0.6) is 0 Å². The molecule has 4 aromatic rings. The summed E-state index contributed by atoms with van der Waals surface area (Å²) in [6.45, 7) is 0. The van der Waals surface area contributed by atoms with E-state index in [0.29, 0.717) is 22.2 Å². The van der Waals surface area contributed by atoms with Gasteiger partial charge in [0.05, 0.1) is 11.3 Å². The monoisotopic (exact) mass is 411 g/mol. The average molecular weight is 412 g/mol. The van der Waals surface area contributed by atoms with Gasteiger partial charge in [0.25, 0.3) is 0 Å². The quantitative estimate of drug-likeness (QED) is 0.458. The van der Waals surface area contributed by atoms with Crippen molar-refractivity contribution < 1.29 is 4.42 Å². The van der Waals surface area contributed by atoms with Crippen molar-refractivity contribution in [1.29, 1.82) is 10.5 Å². The van der Waals surface area contributed by atoms with Gasteiger partial charge in [0.15, 0.2) is 0 Å². The summed E-state index contributed by atoms with van der Waals surface area (Å²) in [6.07, 6.45) is 1.53. The van der Waals surface area contributed by atoms with Gasteiger partial charge in [0, 0.05) is 16.7 Å². The maximum absolute atomic E-state index is 9.71. The van der Waals surface area contributed by atoms with E-state index in [0.717, 1.165) is 5.56 Å². The van der Waals surface area contributed by atoms with Gasteiger partial charge in [0.2, 0.25) is 0 Å². The van der Waals surface area contributed by atoms with Crippen LogP contribution < -0.4 is 5.73 Å². The lowest BCUT2D eigenvalue weighted by Crippen LogP contribution is -2.02. The molecule has 0 saturated heterocycles. The summed E-state index contributed by atoms with van der Waals surface area (Å²) in [5.41, 5.74) is 8.13. The molecule has 2 heterocycles. The van der Waals surface area contributed by atoms with Crippen LogP contribution in [0.2, 0.25) is 5.02 Å². The molecular formula is C23H14ClN5O. The molecule has 30 heavy (non-hydrogen) atoms. The van der Waals surface area contributed by atoms with Crippen LogP contribution in [0.25, 0.3) is 28.7 Å². The first-order valence-corrected chi connectivity index (χ1v) is 9.30. The van der Waals surface area contributed by atoms with Crippen molar-refractivity contribution in [2.24, 2.45) is 0 Å². The number of benzene rings is 2. The fourth-order valence-corrected chi connectivity index (χ4v) is 3.21. The number of rotatable bonds is 4. The van der Waals surface area contributed by atoms with Crippen LogP contribution in [0.1, 0.15) is 17.0 Å². The Morgan fingerprint density at radius 3 is 2.57 bits per heavy atom. The number of hydrogen-bond acceptors (Lipinski definition) is 5. The molecule has 2 aromatic heterocycles. The molecule has 6 nitrogen and oxygen atoms in total. The third-order valence-corrected chi connectivity index (χ3v) is 4.67. The number of furan rings is 1. The number of aromatic nitrogens is 2. The normalized spacial score (nSPS) is 11.1. The van der Waals surface area contributed by atoms with Gasteiger partial charge in [-0.2, -0.15) is 15.6 Å². The molecule has 0 spiro atoms. The minimum atomic E-state index is 0.133. The number of nitrogens with zero attached hydrogens (tertiary/aromatic N) is 4. The SMILES string of the molecule is N#C/C(=C/c1ccc(-c2cccc(Cl)c2)o1)c1nn(-c2ccccc2)c(N)c1C#N. The van der Waals surface area contributed by atoms with Crippen molar-refractivity contribution in [1.82, 2.24) is 9.78 Å². The first kappa shape index (κ1) is 19.1. The summed E-state index contributed by atoms with van der Waals surface area (Å²) >= 11 is 6.04. The van der Waals surface area contributed by atoms with Gasteiger partial charge in [-0.15, -0.1) is 0 Å². The number of hydrogen-bond donors (Lipinski definition) is 1. The summed E-state index contributed by atoms with van der Waals surface area (Å²) < 4.78 is 7.28. The zero-order chi connectivity index (χ0) is 21.1. The number of para-hydroxylation sites is 1. The van der Waals surface area contributed by atoms with Crippen LogP contribution in [0, 0.1) is 22.7 Å². The third kappa shape index (κ3) is 3.56. The van der Waals surface area contributed by atoms with Gasteiger partial charge in [-0.3, -0.25) is 0 Å². The van der Waals surface area contributed by atoms with Crippen LogP contribution in [0.3, 0.4) is 0 Å². The lowest BCUT2D eigenvalue weighted by molar-refractivity contribution is 0.572. The second-order valence-electron chi connectivity index (χ2n) is 6.35. The number of allylic oxidation sites excluding steroid dienone is 1. The maximum atomic E-state index is 9.71. The zero-order valence-corrected chi connectivity index (χ0v) is 16.3. The van der Waals surface area contributed by atoms with E-state index < -0.39 is 0 Å². The molecule has 0 saturated carbocycles. The Kier molecular flexibility index (Phi) is 5.09. The van der Waals surface area contributed by atoms with Crippen LogP contribution in [-0.2, 0) is 0 Å². The van der Waals surface area contributed by atoms with Crippen LogP contribution >= 0.6 is 11.6 Å². The van der Waals surface area contributed by atoms with Gasteiger partial charge in [-0.1, -0.05) is 41.9 Å². The fourth-order valence-electron chi connectivity index (χ4n) is 3.02. The van der Waals surface area contributed by atoms with Gasteiger partial charge in [-0.05, 0) is 36.4 Å². The van der Waals surface area contributed by atoms with Crippen LogP contribution in [-0.4, -0.2) is 9.78 Å². The third-order valence-electron chi connectivity index (χ3n) is 4.43. The molecule has 2 aromatic carbocycles. The molecule has 0 unspecified atom stereocenters. The predicted molar refractivity (Wildman–Crippen MR) is 115 cm³/mol. The molecule has 0 radical (unpaired) electrons. The first-order chi connectivity index (χ1) is 14.6. The maximum Gasteiger partial charge on any atom is 0.145 e. The van der Waals surface area contributed by atoms with E-state index in [2.05, 4.69) is 11.2 Å². The molecule has 0 fully saturated rings. The molecule has 144 valence electrons. The van der Waals surface area contributed by atoms with E-state index in [-0.39, 0.29) is 22.6 Å². The van der Waals surface area contributed by atoms with Gasteiger partial charge < -0.3 is 10.2 Å². The summed E-state index contributed by atoms with van der Waals surface area (Å²) in [7, 11) is 0. The Hall–Kier alpha value is -4.26. The Morgan fingerprint density at radius 2 is 1.87 bits per heavy atom. The highest BCUT2D eigenvalue weighted by molar-refractivity contribution is 6.30. The highest BCUT2D eigenvalue weighted by atomic mass is 35.5. The number of nitrogens with two attached hydrogens (primary N) is 1. The van der Waals surface area contributed by atoms with Crippen LogP contribution in [0.4, 0.5) is 5.82 Å². The molecule has 7 heteroatoms. The first-order valence-electron chi connectivity index (χ1n) is 8.92. The van der Waals surface area contributed by atoms with Crippen molar-refractivity contribution in [2.45, 2.75) is 0 Å². The second-order valence-corrected chi connectivity index (χ2v) is 6.79. The molecule has 0 aliphatic carbocycles. The van der Waals surface area contributed by atoms with Crippen LogP contribution in [0.15, 0.2) is 71.1 Å². The minimum Gasteiger partial charge on any atom is -0.457 e. The smallest absolute Gasteiger partial charge is 0.145 e. The molecule has 0 bridgehead atoms. The largest absolute Gasteiger partial charge is 0.457 e. The molecule has 4 rings (SSSR count). The highest BCUT2D eigenvalue weighted by Gasteiger charge is 2.20. The van der Waals surface area contributed by atoms with Gasteiger partial charge in [0.1, 0.15) is 40.7 Å². The Balaban J connectivity index is 1.76. The molecule has 2 N–H and O–H groups in total. The molecular weight excluding hydrogens is 398 g/mol. The van der Waals surface area contributed by atoms with Crippen molar-refractivity contribution in [3.8, 4) is 29.1 Å². The average Bonchev–Trinajstić information content (AvgIpc) is 3.37. The van der Waals surface area contributed by atoms with Crippen molar-refractivity contribution in [3.63, 3.8) is 0 Å². The zero-order valence-electron chi connectivity index (χ0n) is 15.6. The van der Waals surface area contributed by atoms with Crippen molar-refractivity contribution in [2.75, 3.05) is 5.73 Å². The lowest BCUT2D eigenvalue weighted by Gasteiger charge is -2.02. The fraction of sp³-hybridized carbons (Fsp3) is 0. The summed E-state index contributed by atoms with van der Waals surface area (Å²) in [6, 6.07) is 24.1. The summed E-state index contributed by atoms with van der Waals surface area (Å²) in [5, 5.41) is 24.3.